The first-order valence-corrected chi connectivity index (χ1v) is 8.79. The predicted molar refractivity (Wildman–Crippen MR) is 94.0 cm³/mol. The molecule has 1 N–H and O–H groups in total. The number of carbonyl (C=O) groups is 3. The number of furan rings is 1. The zero-order valence-corrected chi connectivity index (χ0v) is 14.5. The molecule has 0 fully saturated rings. The van der Waals surface area contributed by atoms with Gasteiger partial charge < -0.3 is 9.52 Å². The molecule has 2 heterocycles. The maximum Gasteiger partial charge on any atom is 0.323 e. The predicted octanol–water partition coefficient (Wildman–Crippen LogP) is 3.34. The maximum atomic E-state index is 12.7. The average Bonchev–Trinajstić information content (AvgIpc) is 3.08. The molecule has 9 heteroatoms. The minimum atomic E-state index is -2.53. The van der Waals surface area contributed by atoms with Crippen LogP contribution in [-0.4, -0.2) is 40.1 Å². The third-order valence-electron chi connectivity index (χ3n) is 3.78. The summed E-state index contributed by atoms with van der Waals surface area (Å²) in [5, 5.41) is 8.98. The molecule has 6 nitrogen and oxygen atoms in total. The fourth-order valence-electron chi connectivity index (χ4n) is 2.66. The Morgan fingerprint density at radius 2 is 1.85 bits per heavy atom. The van der Waals surface area contributed by atoms with E-state index < -0.39 is 30.1 Å². The molecule has 140 valence electrons. The molecule has 3 rings (SSSR count). The van der Waals surface area contributed by atoms with Crippen LogP contribution in [-0.2, 0) is 15.3 Å². The molecule has 1 aromatic heterocycles. The summed E-state index contributed by atoms with van der Waals surface area (Å²) in [6.45, 7) is -0.766. The standard InChI is InChI=1S/C18H13F2NO5S/c19-18(20)27-9-11-6-5-10(26-11)7-14-12-3-1-2-4-13(12)16(24)21(17(14)25)8-15(22)23/h1-7,18H,8-9H2,(H,22,23). The summed E-state index contributed by atoms with van der Waals surface area (Å²) < 4.78 is 30.0. The minimum absolute atomic E-state index is 0.0327. The number of carboxylic acids is 1. The number of thioether (sulfide) groups is 1. The van der Waals surface area contributed by atoms with Crippen molar-refractivity contribution in [2.45, 2.75) is 11.5 Å². The lowest BCUT2D eigenvalue weighted by atomic mass is 9.93. The second-order valence-electron chi connectivity index (χ2n) is 5.57. The molecule has 0 saturated heterocycles. The molecule has 0 aliphatic carbocycles. The van der Waals surface area contributed by atoms with Gasteiger partial charge in [-0.15, -0.1) is 0 Å². The molecule has 2 amide bonds. The Labute approximate surface area is 156 Å². The van der Waals surface area contributed by atoms with Crippen LogP contribution in [0.4, 0.5) is 8.78 Å². The quantitative estimate of drug-likeness (QED) is 0.598. The van der Waals surface area contributed by atoms with Crippen LogP contribution in [0.2, 0.25) is 0 Å². The van der Waals surface area contributed by atoms with Gasteiger partial charge in [-0.1, -0.05) is 30.0 Å². The van der Waals surface area contributed by atoms with Crippen LogP contribution in [0.25, 0.3) is 11.6 Å². The van der Waals surface area contributed by atoms with E-state index in [9.17, 15) is 23.2 Å². The lowest BCUT2D eigenvalue weighted by Crippen LogP contribution is -2.44. The van der Waals surface area contributed by atoms with E-state index in [4.69, 9.17) is 9.52 Å². The van der Waals surface area contributed by atoms with Crippen LogP contribution in [0.3, 0.4) is 0 Å². The van der Waals surface area contributed by atoms with E-state index in [1.54, 1.807) is 18.2 Å². The lowest BCUT2D eigenvalue weighted by Gasteiger charge is -2.27. The Hall–Kier alpha value is -2.94. The van der Waals surface area contributed by atoms with Crippen LogP contribution < -0.4 is 0 Å². The number of rotatable bonds is 6. The van der Waals surface area contributed by atoms with Gasteiger partial charge in [-0.3, -0.25) is 19.3 Å². The van der Waals surface area contributed by atoms with Crippen LogP contribution in [0, 0.1) is 0 Å². The number of alkyl halides is 2. The molecule has 1 aliphatic rings. The smallest absolute Gasteiger partial charge is 0.323 e. The molecule has 27 heavy (non-hydrogen) atoms. The number of halogens is 2. The monoisotopic (exact) mass is 393 g/mol. The second-order valence-corrected chi connectivity index (χ2v) is 6.55. The minimum Gasteiger partial charge on any atom is -0.480 e. The normalized spacial score (nSPS) is 15.5. The number of imide groups is 1. The molecule has 0 atom stereocenters. The van der Waals surface area contributed by atoms with Gasteiger partial charge in [0.1, 0.15) is 18.1 Å². The van der Waals surface area contributed by atoms with Gasteiger partial charge in [0.2, 0.25) is 0 Å². The fraction of sp³-hybridized carbons (Fsp3) is 0.167. The van der Waals surface area contributed by atoms with Gasteiger partial charge in [-0.25, -0.2) is 0 Å². The highest BCUT2D eigenvalue weighted by molar-refractivity contribution is 7.98. The lowest BCUT2D eigenvalue weighted by molar-refractivity contribution is -0.141. The van der Waals surface area contributed by atoms with E-state index in [1.807, 2.05) is 0 Å². The van der Waals surface area contributed by atoms with E-state index >= 15 is 0 Å². The number of amides is 2. The summed E-state index contributed by atoms with van der Waals surface area (Å²) in [5.74, 6) is -4.79. The highest BCUT2D eigenvalue weighted by Crippen LogP contribution is 2.31. The summed E-state index contributed by atoms with van der Waals surface area (Å²) in [6.07, 6.45) is 1.37. The van der Waals surface area contributed by atoms with Gasteiger partial charge in [-0.05, 0) is 24.3 Å². The number of hydrogen-bond acceptors (Lipinski definition) is 5. The van der Waals surface area contributed by atoms with E-state index in [1.165, 1.54) is 24.3 Å². The molecule has 0 unspecified atom stereocenters. The molecule has 0 radical (unpaired) electrons. The van der Waals surface area contributed by atoms with E-state index in [2.05, 4.69) is 0 Å². The van der Waals surface area contributed by atoms with E-state index in [-0.39, 0.29) is 22.6 Å². The first kappa shape index (κ1) is 18.8. The largest absolute Gasteiger partial charge is 0.480 e. The Balaban J connectivity index is 1.98. The first-order chi connectivity index (χ1) is 12.9. The zero-order chi connectivity index (χ0) is 19.6. The highest BCUT2D eigenvalue weighted by atomic mass is 32.2. The van der Waals surface area contributed by atoms with Crippen LogP contribution >= 0.6 is 11.8 Å². The Morgan fingerprint density at radius 3 is 2.52 bits per heavy atom. The average molecular weight is 393 g/mol. The van der Waals surface area contributed by atoms with Gasteiger partial charge in [0.15, 0.2) is 0 Å². The second kappa shape index (κ2) is 7.75. The molecule has 0 saturated carbocycles. The number of carboxylic acid groups (broad SMARTS) is 1. The Kier molecular flexibility index (Phi) is 5.41. The summed E-state index contributed by atoms with van der Waals surface area (Å²) in [7, 11) is 0. The topological polar surface area (TPSA) is 87.8 Å². The Morgan fingerprint density at radius 1 is 1.15 bits per heavy atom. The highest BCUT2D eigenvalue weighted by Gasteiger charge is 2.35. The van der Waals surface area contributed by atoms with E-state index in [0.717, 1.165) is 0 Å². The molecule has 1 aliphatic heterocycles. The van der Waals surface area contributed by atoms with Crippen LogP contribution in [0.1, 0.15) is 27.4 Å². The summed E-state index contributed by atoms with van der Waals surface area (Å²) in [5.41, 5.74) is 0.646. The van der Waals surface area contributed by atoms with Crippen molar-refractivity contribution >= 4 is 41.2 Å². The first-order valence-electron chi connectivity index (χ1n) is 7.74. The molecule has 0 bridgehead atoms. The van der Waals surface area contributed by atoms with Gasteiger partial charge in [0.25, 0.3) is 17.6 Å². The molecule has 2 aromatic rings. The summed E-state index contributed by atoms with van der Waals surface area (Å²) in [4.78, 5) is 36.8. The number of nitrogens with zero attached hydrogens (tertiary/aromatic N) is 1. The number of hydrogen-bond donors (Lipinski definition) is 1. The zero-order valence-electron chi connectivity index (χ0n) is 13.7. The summed E-state index contributed by atoms with van der Waals surface area (Å²) >= 11 is 0.408. The van der Waals surface area contributed by atoms with Gasteiger partial charge >= 0.3 is 5.97 Å². The molecule has 1 aromatic carbocycles. The van der Waals surface area contributed by atoms with Crippen molar-refractivity contribution in [3.05, 3.63) is 59.0 Å². The van der Waals surface area contributed by atoms with Crippen molar-refractivity contribution < 1.29 is 32.7 Å². The van der Waals surface area contributed by atoms with Gasteiger partial charge in [0, 0.05) is 11.1 Å². The van der Waals surface area contributed by atoms with Crippen molar-refractivity contribution in [1.82, 2.24) is 4.90 Å². The number of aliphatic carboxylic acids is 1. The van der Waals surface area contributed by atoms with Crippen molar-refractivity contribution in [2.75, 3.05) is 6.54 Å². The van der Waals surface area contributed by atoms with E-state index in [0.29, 0.717) is 28.0 Å². The maximum absolute atomic E-state index is 12.7. The van der Waals surface area contributed by atoms with Crippen molar-refractivity contribution in [3.8, 4) is 0 Å². The molecular formula is C18H13F2NO5S. The summed E-state index contributed by atoms with van der Waals surface area (Å²) in [6, 6.07) is 9.36. The SMILES string of the molecule is O=C(O)CN1C(=O)C(=Cc2ccc(CSC(F)F)o2)c2ccccc2C1=O. The fourth-order valence-corrected chi connectivity index (χ4v) is 3.10. The van der Waals surface area contributed by atoms with Crippen LogP contribution in [0.5, 0.6) is 0 Å². The molecular weight excluding hydrogens is 380 g/mol. The Bertz CT molecular complexity index is 937. The van der Waals surface area contributed by atoms with Gasteiger partial charge in [-0.2, -0.15) is 8.78 Å². The molecule has 0 spiro atoms. The van der Waals surface area contributed by atoms with Crippen molar-refractivity contribution in [2.24, 2.45) is 0 Å². The van der Waals surface area contributed by atoms with Crippen molar-refractivity contribution in [3.63, 3.8) is 0 Å². The third-order valence-corrected chi connectivity index (χ3v) is 4.49. The third kappa shape index (κ3) is 4.08. The van der Waals surface area contributed by atoms with Crippen molar-refractivity contribution in [1.29, 1.82) is 0 Å². The number of benzene rings is 1. The van der Waals surface area contributed by atoms with Crippen LogP contribution in [0.15, 0.2) is 40.8 Å². The van der Waals surface area contributed by atoms with Gasteiger partial charge in [0.05, 0.1) is 11.3 Å². The number of carbonyl (C=O) groups excluding carboxylic acids is 2. The number of fused-ring (bicyclic) bond motifs is 1.